The summed E-state index contributed by atoms with van der Waals surface area (Å²) in [6.45, 7) is -0.234. The number of aryl methyl sites for hydroxylation is 2. The standard InChI is InChI=1S/C31H34F2N6O2/c1-19-7-9-24(15-27(19)41-31(32)33)39(18-20-5-4-6-20)23-12-10-22(11-13-23)37(2)29-25(17-35)30(40)38(3)26-14-8-21(16-34)36-28(26)29/h7-9,14-15,20,22-23,31H,4-6,10-13,18H2,1-3H3. The van der Waals surface area contributed by atoms with E-state index in [0.717, 1.165) is 37.9 Å². The third kappa shape index (κ3) is 5.56. The third-order valence-corrected chi connectivity index (χ3v) is 8.85. The second-order valence-electron chi connectivity index (χ2n) is 11.2. The molecule has 10 heteroatoms. The Balaban J connectivity index is 1.42. The molecule has 2 aromatic heterocycles. The van der Waals surface area contributed by atoms with Gasteiger partial charge in [0.2, 0.25) is 0 Å². The molecule has 0 unspecified atom stereocenters. The second-order valence-corrected chi connectivity index (χ2v) is 11.2. The number of ether oxygens (including phenoxy) is 1. The highest BCUT2D eigenvalue weighted by molar-refractivity contribution is 5.92. The minimum absolute atomic E-state index is 0.0186. The lowest BCUT2D eigenvalue weighted by molar-refractivity contribution is -0.0502. The van der Waals surface area contributed by atoms with E-state index < -0.39 is 12.2 Å². The van der Waals surface area contributed by atoms with Gasteiger partial charge in [-0.25, -0.2) is 4.98 Å². The zero-order valence-corrected chi connectivity index (χ0v) is 23.6. The Hall–Kier alpha value is -4.18. The topological polar surface area (TPSA) is 98.2 Å². The first-order chi connectivity index (χ1) is 19.7. The predicted molar refractivity (Wildman–Crippen MR) is 153 cm³/mol. The lowest BCUT2D eigenvalue weighted by Crippen LogP contribution is -2.46. The van der Waals surface area contributed by atoms with Crippen LogP contribution in [-0.4, -0.2) is 41.8 Å². The number of alkyl halides is 2. The van der Waals surface area contributed by atoms with Crippen molar-refractivity contribution in [1.82, 2.24) is 9.55 Å². The van der Waals surface area contributed by atoms with Crippen LogP contribution in [0.2, 0.25) is 0 Å². The van der Waals surface area contributed by atoms with E-state index in [1.807, 2.05) is 24.1 Å². The molecule has 2 saturated carbocycles. The Morgan fingerprint density at radius 1 is 1.07 bits per heavy atom. The molecule has 1 aromatic carbocycles. The lowest BCUT2D eigenvalue weighted by Gasteiger charge is -2.44. The molecule has 0 bridgehead atoms. The summed E-state index contributed by atoms with van der Waals surface area (Å²) in [5.41, 5.74) is 2.91. The van der Waals surface area contributed by atoms with E-state index in [4.69, 9.17) is 4.74 Å². The fourth-order valence-corrected chi connectivity index (χ4v) is 6.25. The van der Waals surface area contributed by atoms with Crippen LogP contribution in [0.5, 0.6) is 5.75 Å². The van der Waals surface area contributed by atoms with Gasteiger partial charge in [0.15, 0.2) is 0 Å². The van der Waals surface area contributed by atoms with Crippen molar-refractivity contribution in [3.63, 3.8) is 0 Å². The zero-order chi connectivity index (χ0) is 29.3. The highest BCUT2D eigenvalue weighted by Crippen LogP contribution is 2.38. The Labute approximate surface area is 238 Å². The van der Waals surface area contributed by atoms with E-state index in [0.29, 0.717) is 28.2 Å². The first-order valence-corrected chi connectivity index (χ1v) is 14.1. The first kappa shape index (κ1) is 28.4. The minimum atomic E-state index is -2.88. The highest BCUT2D eigenvalue weighted by Gasteiger charge is 2.33. The molecule has 2 aliphatic carbocycles. The van der Waals surface area contributed by atoms with Gasteiger partial charge >= 0.3 is 6.61 Å². The summed E-state index contributed by atoms with van der Waals surface area (Å²) in [4.78, 5) is 21.9. The van der Waals surface area contributed by atoms with Crippen molar-refractivity contribution in [2.45, 2.75) is 70.6 Å². The molecule has 5 rings (SSSR count). The summed E-state index contributed by atoms with van der Waals surface area (Å²) in [6, 6.07) is 13.3. The number of aromatic nitrogens is 2. The summed E-state index contributed by atoms with van der Waals surface area (Å²) in [7, 11) is 3.49. The maximum atomic E-state index is 13.1. The molecule has 0 saturated heterocycles. The summed E-state index contributed by atoms with van der Waals surface area (Å²) < 4.78 is 32.3. The molecule has 0 atom stereocenters. The molecule has 2 aliphatic rings. The predicted octanol–water partition coefficient (Wildman–Crippen LogP) is 5.64. The summed E-state index contributed by atoms with van der Waals surface area (Å²) >= 11 is 0. The molecule has 41 heavy (non-hydrogen) atoms. The molecule has 0 aliphatic heterocycles. The van der Waals surface area contributed by atoms with Crippen LogP contribution < -0.4 is 20.1 Å². The van der Waals surface area contributed by atoms with Crippen molar-refractivity contribution in [1.29, 1.82) is 10.5 Å². The fourth-order valence-electron chi connectivity index (χ4n) is 6.25. The number of pyridine rings is 2. The number of hydrogen-bond acceptors (Lipinski definition) is 7. The van der Waals surface area contributed by atoms with Gasteiger partial charge in [0.05, 0.1) is 11.2 Å². The van der Waals surface area contributed by atoms with Crippen LogP contribution >= 0.6 is 0 Å². The number of nitriles is 2. The van der Waals surface area contributed by atoms with Gasteiger partial charge in [0, 0.05) is 44.5 Å². The van der Waals surface area contributed by atoms with Crippen LogP contribution in [0.25, 0.3) is 11.0 Å². The molecule has 0 amide bonds. The van der Waals surface area contributed by atoms with Gasteiger partial charge in [-0.15, -0.1) is 0 Å². The van der Waals surface area contributed by atoms with Crippen molar-refractivity contribution in [3.8, 4) is 17.9 Å². The lowest BCUT2D eigenvalue weighted by atomic mass is 9.83. The second kappa shape index (κ2) is 11.7. The number of benzene rings is 1. The van der Waals surface area contributed by atoms with Crippen LogP contribution in [0, 0.1) is 35.5 Å². The maximum absolute atomic E-state index is 13.1. The molecule has 2 fully saturated rings. The van der Waals surface area contributed by atoms with Gasteiger partial charge in [0.25, 0.3) is 5.56 Å². The highest BCUT2D eigenvalue weighted by atomic mass is 19.3. The monoisotopic (exact) mass is 560 g/mol. The minimum Gasteiger partial charge on any atom is -0.434 e. The van der Waals surface area contributed by atoms with Crippen molar-refractivity contribution < 1.29 is 13.5 Å². The number of hydrogen-bond donors (Lipinski definition) is 0. The van der Waals surface area contributed by atoms with Crippen molar-refractivity contribution in [2.75, 3.05) is 23.4 Å². The summed E-state index contributed by atoms with van der Waals surface area (Å²) in [5.74, 6) is 0.789. The van der Waals surface area contributed by atoms with E-state index >= 15 is 0 Å². The summed E-state index contributed by atoms with van der Waals surface area (Å²) in [6.07, 6.45) is 6.92. The molecule has 3 aromatic rings. The Bertz CT molecular complexity index is 1580. The van der Waals surface area contributed by atoms with Gasteiger partial charge in [-0.2, -0.15) is 19.3 Å². The van der Waals surface area contributed by atoms with Gasteiger partial charge in [-0.3, -0.25) is 4.79 Å². The van der Waals surface area contributed by atoms with E-state index in [1.54, 1.807) is 32.2 Å². The van der Waals surface area contributed by atoms with Crippen molar-refractivity contribution in [3.05, 3.63) is 57.5 Å². The van der Waals surface area contributed by atoms with Gasteiger partial charge < -0.3 is 19.1 Å². The number of fused-ring (bicyclic) bond motifs is 1. The Morgan fingerprint density at radius 2 is 1.78 bits per heavy atom. The summed E-state index contributed by atoms with van der Waals surface area (Å²) in [5, 5.41) is 19.4. The number of nitrogens with zero attached hydrogens (tertiary/aromatic N) is 6. The largest absolute Gasteiger partial charge is 0.434 e. The maximum Gasteiger partial charge on any atom is 0.387 e. The molecule has 214 valence electrons. The molecular weight excluding hydrogens is 526 g/mol. The van der Waals surface area contributed by atoms with E-state index in [2.05, 4.69) is 22.0 Å². The SMILES string of the molecule is Cc1ccc(N(CC2CCC2)C2CCC(N(C)c3c(C#N)c(=O)n(C)c4ccc(C#N)nc34)CC2)cc1OC(F)F. The first-order valence-electron chi connectivity index (χ1n) is 14.1. The van der Waals surface area contributed by atoms with Gasteiger partial charge in [0.1, 0.15) is 34.7 Å². The van der Waals surface area contributed by atoms with Crippen molar-refractivity contribution >= 4 is 22.4 Å². The van der Waals surface area contributed by atoms with Crippen LogP contribution in [0.4, 0.5) is 20.2 Å². The average Bonchev–Trinajstić information content (AvgIpc) is 2.95. The Morgan fingerprint density at radius 3 is 2.39 bits per heavy atom. The zero-order valence-electron chi connectivity index (χ0n) is 23.6. The van der Waals surface area contributed by atoms with E-state index in [1.165, 1.54) is 23.8 Å². The fraction of sp³-hybridized carbons (Fsp3) is 0.484. The van der Waals surface area contributed by atoms with E-state index in [-0.39, 0.29) is 29.1 Å². The molecule has 0 spiro atoms. The molecule has 0 radical (unpaired) electrons. The molecular formula is C31H34F2N6O2. The Kier molecular flexibility index (Phi) is 8.12. The van der Waals surface area contributed by atoms with Crippen LogP contribution in [0.3, 0.4) is 0 Å². The number of rotatable bonds is 8. The van der Waals surface area contributed by atoms with Crippen LogP contribution in [-0.2, 0) is 7.05 Å². The average molecular weight is 561 g/mol. The quantitative estimate of drug-likeness (QED) is 0.352. The van der Waals surface area contributed by atoms with Gasteiger partial charge in [-0.05, 0) is 75.1 Å². The smallest absolute Gasteiger partial charge is 0.387 e. The molecule has 0 N–H and O–H groups in total. The number of anilines is 2. The third-order valence-electron chi connectivity index (χ3n) is 8.85. The van der Waals surface area contributed by atoms with E-state index in [9.17, 15) is 24.1 Å². The molecule has 8 nitrogen and oxygen atoms in total. The normalized spacial score (nSPS) is 18.9. The van der Waals surface area contributed by atoms with Crippen LogP contribution in [0.15, 0.2) is 35.1 Å². The number of halogens is 2. The molecule has 2 heterocycles. The van der Waals surface area contributed by atoms with Gasteiger partial charge in [-0.1, -0.05) is 12.5 Å². The van der Waals surface area contributed by atoms with Crippen molar-refractivity contribution in [2.24, 2.45) is 13.0 Å². The van der Waals surface area contributed by atoms with Crippen LogP contribution in [0.1, 0.15) is 61.8 Å².